The zero-order chi connectivity index (χ0) is 24.7. The first-order chi connectivity index (χ1) is 15.9. The first kappa shape index (κ1) is 31.5. The molecule has 33 heavy (non-hydrogen) atoms. The fraction of sp³-hybridized carbons (Fsp3) is 0.885. The second kappa shape index (κ2) is 22.3. The van der Waals surface area contributed by atoms with Crippen LogP contribution in [0.25, 0.3) is 0 Å². The van der Waals surface area contributed by atoms with Crippen molar-refractivity contribution in [2.24, 2.45) is 17.4 Å². The number of carbonyl (C=O) groups is 3. The molecule has 6 N–H and O–H groups in total. The number of rotatable bonds is 25. The molecule has 0 saturated heterocycles. The molecule has 0 fully saturated rings. The van der Waals surface area contributed by atoms with E-state index in [-0.39, 0.29) is 5.78 Å². The summed E-state index contributed by atoms with van der Waals surface area (Å²) in [6.07, 6.45) is 19.8. The van der Waals surface area contributed by atoms with E-state index in [1.807, 2.05) is 0 Å². The monoisotopic (exact) mass is 470 g/mol. The molecule has 0 amide bonds. The third-order valence-electron chi connectivity index (χ3n) is 6.36. The summed E-state index contributed by atoms with van der Waals surface area (Å²) < 4.78 is 0. The number of aliphatic carboxylic acids is 2. The van der Waals surface area contributed by atoms with Crippen LogP contribution in [0.5, 0.6) is 0 Å². The molecule has 0 rings (SSSR count). The van der Waals surface area contributed by atoms with Gasteiger partial charge in [-0.15, -0.1) is 0 Å². The van der Waals surface area contributed by atoms with E-state index in [0.717, 1.165) is 51.4 Å². The zero-order valence-electron chi connectivity index (χ0n) is 20.8. The highest BCUT2D eigenvalue weighted by molar-refractivity contribution is 6.00. The Morgan fingerprint density at radius 3 is 1.36 bits per heavy atom. The SMILES string of the molecule is NCCCC[C@H](N)C(=O)C(CCCCCCCCCCCCCCCCCC(=O)O)C(=O)O. The van der Waals surface area contributed by atoms with Crippen LogP contribution in [-0.2, 0) is 14.4 Å². The summed E-state index contributed by atoms with van der Waals surface area (Å²) in [4.78, 5) is 34.2. The fourth-order valence-electron chi connectivity index (χ4n) is 4.22. The van der Waals surface area contributed by atoms with Crippen LogP contribution in [0.2, 0.25) is 0 Å². The van der Waals surface area contributed by atoms with Crippen molar-refractivity contribution in [1.82, 2.24) is 0 Å². The minimum Gasteiger partial charge on any atom is -0.481 e. The van der Waals surface area contributed by atoms with E-state index in [1.165, 1.54) is 57.8 Å². The van der Waals surface area contributed by atoms with Crippen molar-refractivity contribution >= 4 is 17.7 Å². The normalized spacial score (nSPS) is 13.0. The summed E-state index contributed by atoms with van der Waals surface area (Å²) in [5.41, 5.74) is 11.3. The van der Waals surface area contributed by atoms with Crippen LogP contribution in [0.3, 0.4) is 0 Å². The van der Waals surface area contributed by atoms with Crippen LogP contribution in [0.15, 0.2) is 0 Å². The van der Waals surface area contributed by atoms with Gasteiger partial charge < -0.3 is 21.7 Å². The molecule has 0 aromatic rings. The molecular formula is C26H50N2O5. The highest BCUT2D eigenvalue weighted by Gasteiger charge is 2.29. The lowest BCUT2D eigenvalue weighted by Crippen LogP contribution is -2.39. The van der Waals surface area contributed by atoms with Crippen LogP contribution in [0, 0.1) is 5.92 Å². The zero-order valence-corrected chi connectivity index (χ0v) is 20.8. The van der Waals surface area contributed by atoms with Gasteiger partial charge in [0.15, 0.2) is 5.78 Å². The van der Waals surface area contributed by atoms with E-state index in [1.54, 1.807) is 0 Å². The smallest absolute Gasteiger partial charge is 0.314 e. The van der Waals surface area contributed by atoms with Gasteiger partial charge in [-0.05, 0) is 32.2 Å². The van der Waals surface area contributed by atoms with Crippen LogP contribution in [0.4, 0.5) is 0 Å². The van der Waals surface area contributed by atoms with E-state index in [9.17, 15) is 19.5 Å². The van der Waals surface area contributed by atoms with Crippen molar-refractivity contribution in [2.45, 2.75) is 134 Å². The lowest BCUT2D eigenvalue weighted by molar-refractivity contribution is -0.147. The Bertz CT molecular complexity index is 513. The van der Waals surface area contributed by atoms with E-state index < -0.39 is 23.9 Å². The Balaban J connectivity index is 3.56. The molecule has 0 aliphatic heterocycles. The molecule has 0 saturated carbocycles. The molecule has 0 aliphatic rings. The highest BCUT2D eigenvalue weighted by atomic mass is 16.4. The molecule has 0 bridgehead atoms. The van der Waals surface area contributed by atoms with Crippen LogP contribution in [-0.4, -0.2) is 40.5 Å². The summed E-state index contributed by atoms with van der Waals surface area (Å²) in [6.45, 7) is 0.558. The molecule has 0 spiro atoms. The van der Waals surface area contributed by atoms with Gasteiger partial charge in [0.2, 0.25) is 0 Å². The summed E-state index contributed by atoms with van der Waals surface area (Å²) in [6, 6.07) is -0.693. The average molecular weight is 471 g/mol. The van der Waals surface area contributed by atoms with Crippen LogP contribution < -0.4 is 11.5 Å². The van der Waals surface area contributed by atoms with E-state index in [4.69, 9.17) is 16.6 Å². The van der Waals surface area contributed by atoms with Gasteiger partial charge in [-0.25, -0.2) is 0 Å². The topological polar surface area (TPSA) is 144 Å². The Labute approximate surface area is 201 Å². The molecule has 0 radical (unpaired) electrons. The Morgan fingerprint density at radius 2 is 0.970 bits per heavy atom. The van der Waals surface area contributed by atoms with Gasteiger partial charge in [0, 0.05) is 6.42 Å². The van der Waals surface area contributed by atoms with Gasteiger partial charge in [0.05, 0.1) is 6.04 Å². The fourth-order valence-corrected chi connectivity index (χ4v) is 4.22. The third-order valence-corrected chi connectivity index (χ3v) is 6.36. The van der Waals surface area contributed by atoms with Crippen molar-refractivity contribution in [3.63, 3.8) is 0 Å². The quantitative estimate of drug-likeness (QED) is 0.103. The van der Waals surface area contributed by atoms with E-state index in [0.29, 0.717) is 25.8 Å². The number of hydrogen-bond acceptors (Lipinski definition) is 5. The minimum absolute atomic E-state index is 0.299. The molecule has 0 aliphatic carbocycles. The first-order valence-corrected chi connectivity index (χ1v) is 13.3. The number of carboxylic acid groups (broad SMARTS) is 2. The van der Waals surface area contributed by atoms with Gasteiger partial charge in [-0.2, -0.15) is 0 Å². The van der Waals surface area contributed by atoms with Crippen molar-refractivity contribution in [1.29, 1.82) is 0 Å². The van der Waals surface area contributed by atoms with Crippen molar-refractivity contribution in [2.75, 3.05) is 6.54 Å². The summed E-state index contributed by atoms with van der Waals surface area (Å²) >= 11 is 0. The lowest BCUT2D eigenvalue weighted by atomic mass is 9.90. The number of unbranched alkanes of at least 4 members (excludes halogenated alkanes) is 15. The average Bonchev–Trinajstić information content (AvgIpc) is 2.77. The van der Waals surface area contributed by atoms with Gasteiger partial charge in [0.1, 0.15) is 5.92 Å². The predicted molar refractivity (Wildman–Crippen MR) is 133 cm³/mol. The first-order valence-electron chi connectivity index (χ1n) is 13.3. The molecule has 2 atom stereocenters. The number of hydrogen-bond donors (Lipinski definition) is 4. The van der Waals surface area contributed by atoms with Gasteiger partial charge in [-0.1, -0.05) is 96.3 Å². The largest absolute Gasteiger partial charge is 0.481 e. The molecule has 194 valence electrons. The molecule has 1 unspecified atom stereocenters. The molecule has 0 heterocycles. The number of carbonyl (C=O) groups excluding carboxylic acids is 1. The summed E-state index contributed by atoms with van der Waals surface area (Å²) in [5, 5.41) is 18.0. The third kappa shape index (κ3) is 19.7. The van der Waals surface area contributed by atoms with Gasteiger partial charge in [0.25, 0.3) is 0 Å². The predicted octanol–water partition coefficient (Wildman–Crippen LogP) is 5.43. The molecule has 7 heteroatoms. The number of carboxylic acids is 2. The highest BCUT2D eigenvalue weighted by Crippen LogP contribution is 2.17. The Kier molecular flexibility index (Phi) is 21.3. The minimum atomic E-state index is -1.05. The summed E-state index contributed by atoms with van der Waals surface area (Å²) in [7, 11) is 0. The maximum atomic E-state index is 12.3. The van der Waals surface area contributed by atoms with Crippen LogP contribution in [0.1, 0.15) is 128 Å². The molecule has 7 nitrogen and oxygen atoms in total. The summed E-state index contributed by atoms with van der Waals surface area (Å²) in [5.74, 6) is -3.04. The maximum absolute atomic E-state index is 12.3. The standard InChI is InChI=1S/C26H50N2O5/c27-21-17-16-19-23(28)25(31)22(26(32)33)18-14-12-10-8-6-4-2-1-3-5-7-9-11-13-15-20-24(29)30/h22-23H,1-21,27-28H2,(H,29,30)(H,32,33)/t22?,23-/m0/s1. The van der Waals surface area contributed by atoms with Gasteiger partial charge in [-0.3, -0.25) is 14.4 Å². The van der Waals surface area contributed by atoms with Gasteiger partial charge >= 0.3 is 11.9 Å². The second-order valence-corrected chi connectivity index (χ2v) is 9.42. The van der Waals surface area contributed by atoms with Crippen molar-refractivity contribution in [3.8, 4) is 0 Å². The second-order valence-electron chi connectivity index (χ2n) is 9.42. The van der Waals surface area contributed by atoms with Crippen molar-refractivity contribution in [3.05, 3.63) is 0 Å². The number of ketones is 1. The molecule has 0 aromatic carbocycles. The Morgan fingerprint density at radius 1 is 0.576 bits per heavy atom. The maximum Gasteiger partial charge on any atom is 0.314 e. The number of Topliss-reactive ketones (excluding diaryl/α,β-unsaturated/α-hetero) is 1. The van der Waals surface area contributed by atoms with Crippen LogP contribution >= 0.6 is 0 Å². The number of nitrogens with two attached hydrogens (primary N) is 2. The Hall–Kier alpha value is -1.47. The van der Waals surface area contributed by atoms with Crippen molar-refractivity contribution < 1.29 is 24.6 Å². The molecule has 0 aromatic heterocycles. The van der Waals surface area contributed by atoms with E-state index in [2.05, 4.69) is 0 Å². The lowest BCUT2D eigenvalue weighted by Gasteiger charge is -2.16. The molecular weight excluding hydrogens is 420 g/mol. The van der Waals surface area contributed by atoms with E-state index >= 15 is 0 Å².